The van der Waals surface area contributed by atoms with E-state index < -0.39 is 29.9 Å². The lowest BCUT2D eigenvalue weighted by molar-refractivity contribution is 0.130. The van der Waals surface area contributed by atoms with E-state index in [2.05, 4.69) is 22.1 Å². The van der Waals surface area contributed by atoms with Crippen LogP contribution in [0, 0.1) is 23.5 Å². The Kier molecular flexibility index (Phi) is 5.58. The van der Waals surface area contributed by atoms with Crippen molar-refractivity contribution in [1.82, 2.24) is 10.3 Å². The number of alkyl carbamates (subject to hydrolysis) is 1. The average molecular weight is 445 g/mol. The van der Waals surface area contributed by atoms with Gasteiger partial charge in [0.05, 0.1) is 10.0 Å². The third-order valence-corrected chi connectivity index (χ3v) is 5.20. The van der Waals surface area contributed by atoms with Crippen LogP contribution in [0.1, 0.15) is 34.4 Å². The van der Waals surface area contributed by atoms with Gasteiger partial charge in [-0.15, -0.1) is 0 Å². The highest BCUT2D eigenvalue weighted by molar-refractivity contribution is 6.42. The second-order valence-electron chi connectivity index (χ2n) is 6.50. The lowest BCUT2D eigenvalue weighted by Gasteiger charge is -2.18. The molecule has 150 valence electrons. The molecule has 8 heteroatoms. The predicted molar refractivity (Wildman–Crippen MR) is 108 cm³/mol. The monoisotopic (exact) mass is 444 g/mol. The number of hydrogen-bond acceptors (Lipinski definition) is 3. The Morgan fingerprint density at radius 2 is 1.77 bits per heavy atom. The predicted octanol–water partition coefficient (Wildman–Crippen LogP) is 5.59. The second kappa shape index (κ2) is 8.31. The van der Waals surface area contributed by atoms with E-state index >= 15 is 0 Å². The summed E-state index contributed by atoms with van der Waals surface area (Å²) in [4.78, 5) is 16.0. The Labute approximate surface area is 180 Å². The number of carbonyl (C=O) groups is 1. The van der Waals surface area contributed by atoms with Gasteiger partial charge in [0, 0.05) is 29.1 Å². The van der Waals surface area contributed by atoms with Crippen molar-refractivity contribution < 1.29 is 18.3 Å². The van der Waals surface area contributed by atoms with E-state index in [4.69, 9.17) is 27.9 Å². The minimum absolute atomic E-state index is 0.0642. The largest absolute Gasteiger partial charge is 0.439 e. The zero-order valence-electron chi connectivity index (χ0n) is 15.1. The number of pyridine rings is 1. The maximum absolute atomic E-state index is 14.2. The number of halogens is 4. The molecule has 1 N–H and O–H groups in total. The second-order valence-corrected chi connectivity index (χ2v) is 7.31. The lowest BCUT2D eigenvalue weighted by Crippen LogP contribution is -2.20. The van der Waals surface area contributed by atoms with Crippen LogP contribution in [0.15, 0.2) is 54.9 Å². The molecule has 1 amide bonds. The molecule has 3 aromatic rings. The average Bonchev–Trinajstić information content (AvgIpc) is 3.12. The lowest BCUT2D eigenvalue weighted by atomic mass is 9.96. The van der Waals surface area contributed by atoms with Crippen LogP contribution in [0.25, 0.3) is 0 Å². The molecule has 1 aliphatic rings. The molecule has 4 rings (SSSR count). The quantitative estimate of drug-likeness (QED) is 0.524. The number of aromatic nitrogens is 1. The van der Waals surface area contributed by atoms with Gasteiger partial charge >= 0.3 is 6.09 Å². The van der Waals surface area contributed by atoms with Crippen LogP contribution in [-0.2, 0) is 4.74 Å². The van der Waals surface area contributed by atoms with Crippen molar-refractivity contribution in [1.29, 1.82) is 0 Å². The van der Waals surface area contributed by atoms with E-state index in [1.54, 1.807) is 30.5 Å². The first kappa shape index (κ1) is 20.1. The third kappa shape index (κ3) is 4.23. The Morgan fingerprint density at radius 3 is 2.57 bits per heavy atom. The number of cyclic esters (lactones) is 1. The summed E-state index contributed by atoms with van der Waals surface area (Å²) in [5.74, 6) is 4.60. The van der Waals surface area contributed by atoms with E-state index in [0.29, 0.717) is 26.7 Å². The van der Waals surface area contributed by atoms with E-state index in [1.165, 1.54) is 6.20 Å². The fourth-order valence-electron chi connectivity index (χ4n) is 3.07. The minimum atomic E-state index is -1.05. The zero-order chi connectivity index (χ0) is 21.3. The molecular formula is C22H12Cl2F2N2O2. The number of ether oxygens (including phenoxy) is 1. The summed E-state index contributed by atoms with van der Waals surface area (Å²) in [6.45, 7) is 0. The maximum Gasteiger partial charge on any atom is 0.408 e. The Morgan fingerprint density at radius 1 is 0.967 bits per heavy atom. The molecule has 4 nitrogen and oxygen atoms in total. The van der Waals surface area contributed by atoms with Crippen LogP contribution >= 0.6 is 23.2 Å². The SMILES string of the molecule is O=C1NC(c2cncc(C#Cc3ccc(Cl)c(Cl)c3)c2)C(c2cc(F)ccc2F)O1. The number of nitrogens with one attached hydrogen (secondary N) is 1. The summed E-state index contributed by atoms with van der Waals surface area (Å²) in [5.41, 5.74) is 1.69. The summed E-state index contributed by atoms with van der Waals surface area (Å²) >= 11 is 11.9. The standard InChI is InChI=1S/C22H12Cl2F2N2O2/c23-17-5-3-12(8-18(17)24)1-2-13-7-14(11-27-10-13)20-21(30-22(29)28-20)16-9-15(25)4-6-19(16)26/h3-11,20-21H,(H,28,29). The van der Waals surface area contributed by atoms with Gasteiger partial charge in [0.2, 0.25) is 0 Å². The van der Waals surface area contributed by atoms with Gasteiger partial charge in [0.25, 0.3) is 0 Å². The van der Waals surface area contributed by atoms with Crippen molar-refractivity contribution in [3.63, 3.8) is 0 Å². The molecule has 0 bridgehead atoms. The molecule has 0 spiro atoms. The van der Waals surface area contributed by atoms with Crippen LogP contribution in [-0.4, -0.2) is 11.1 Å². The maximum atomic E-state index is 14.2. The zero-order valence-corrected chi connectivity index (χ0v) is 16.6. The van der Waals surface area contributed by atoms with Crippen molar-refractivity contribution in [3.8, 4) is 11.8 Å². The van der Waals surface area contributed by atoms with Crippen LogP contribution in [0.4, 0.5) is 13.6 Å². The molecule has 1 aliphatic heterocycles. The van der Waals surface area contributed by atoms with Crippen LogP contribution < -0.4 is 5.32 Å². The highest BCUT2D eigenvalue weighted by atomic mass is 35.5. The van der Waals surface area contributed by atoms with Crippen molar-refractivity contribution in [2.24, 2.45) is 0 Å². The molecule has 2 atom stereocenters. The molecule has 2 aromatic carbocycles. The normalized spacial score (nSPS) is 17.7. The molecule has 1 fully saturated rings. The number of benzene rings is 2. The molecule has 0 radical (unpaired) electrons. The van der Waals surface area contributed by atoms with Gasteiger partial charge in [-0.2, -0.15) is 0 Å². The van der Waals surface area contributed by atoms with Gasteiger partial charge in [-0.3, -0.25) is 4.98 Å². The third-order valence-electron chi connectivity index (χ3n) is 4.46. The highest BCUT2D eigenvalue weighted by Gasteiger charge is 2.38. The number of carbonyl (C=O) groups excluding carboxylic acids is 1. The first-order chi connectivity index (χ1) is 14.4. The Balaban J connectivity index is 1.65. The van der Waals surface area contributed by atoms with Crippen LogP contribution in [0.5, 0.6) is 0 Å². The number of hydrogen-bond donors (Lipinski definition) is 1. The molecule has 2 unspecified atom stereocenters. The van der Waals surface area contributed by atoms with Crippen molar-refractivity contribution >= 4 is 29.3 Å². The van der Waals surface area contributed by atoms with Gasteiger partial charge in [0.15, 0.2) is 6.10 Å². The summed E-state index contributed by atoms with van der Waals surface area (Å²) < 4.78 is 33.1. The van der Waals surface area contributed by atoms with E-state index in [0.717, 1.165) is 18.2 Å². The minimum Gasteiger partial charge on any atom is -0.439 e. The Hall–Kier alpha value is -3.14. The summed E-state index contributed by atoms with van der Waals surface area (Å²) in [7, 11) is 0. The number of rotatable bonds is 2. The van der Waals surface area contributed by atoms with Gasteiger partial charge in [0.1, 0.15) is 17.7 Å². The van der Waals surface area contributed by atoms with Crippen molar-refractivity contribution in [2.75, 3.05) is 0 Å². The summed E-state index contributed by atoms with van der Waals surface area (Å²) in [5, 5.41) is 3.43. The number of amides is 1. The smallest absolute Gasteiger partial charge is 0.408 e. The van der Waals surface area contributed by atoms with E-state index in [-0.39, 0.29) is 5.56 Å². The first-order valence-electron chi connectivity index (χ1n) is 8.75. The highest BCUT2D eigenvalue weighted by Crippen LogP contribution is 2.38. The van der Waals surface area contributed by atoms with E-state index in [1.807, 2.05) is 0 Å². The van der Waals surface area contributed by atoms with Crippen LogP contribution in [0.3, 0.4) is 0 Å². The van der Waals surface area contributed by atoms with Gasteiger partial charge in [-0.1, -0.05) is 35.0 Å². The molecule has 0 saturated carbocycles. The molecule has 2 heterocycles. The van der Waals surface area contributed by atoms with Gasteiger partial charge in [-0.25, -0.2) is 13.6 Å². The summed E-state index contributed by atoms with van der Waals surface area (Å²) in [6, 6.07) is 8.95. The molecule has 30 heavy (non-hydrogen) atoms. The molecule has 1 aromatic heterocycles. The molecule has 0 aliphatic carbocycles. The fraction of sp³-hybridized carbons (Fsp3) is 0.0909. The topological polar surface area (TPSA) is 51.2 Å². The van der Waals surface area contributed by atoms with Crippen molar-refractivity contribution in [3.05, 3.63) is 98.8 Å². The van der Waals surface area contributed by atoms with Gasteiger partial charge < -0.3 is 10.1 Å². The summed E-state index contributed by atoms with van der Waals surface area (Å²) in [6.07, 6.45) is 1.27. The first-order valence-corrected chi connectivity index (χ1v) is 9.50. The number of nitrogens with zero attached hydrogens (tertiary/aromatic N) is 1. The van der Waals surface area contributed by atoms with Crippen molar-refractivity contribution in [2.45, 2.75) is 12.1 Å². The fourth-order valence-corrected chi connectivity index (χ4v) is 3.37. The van der Waals surface area contributed by atoms with Crippen LogP contribution in [0.2, 0.25) is 10.0 Å². The molecule has 1 saturated heterocycles. The van der Waals surface area contributed by atoms with E-state index in [9.17, 15) is 13.6 Å². The molecular weight excluding hydrogens is 433 g/mol. The van der Waals surface area contributed by atoms with Gasteiger partial charge in [-0.05, 0) is 48.0 Å². The Bertz CT molecular complexity index is 1210.